The van der Waals surface area contributed by atoms with Gasteiger partial charge in [-0.05, 0) is 18.2 Å². The average molecular weight is 275 g/mol. The molecule has 0 unspecified atom stereocenters. The zero-order valence-electron chi connectivity index (χ0n) is 9.17. The molecule has 0 aliphatic rings. The Morgan fingerprint density at radius 3 is 2.37 bits per heavy atom. The Hall–Kier alpha value is -2.25. The van der Waals surface area contributed by atoms with E-state index in [4.69, 9.17) is 0 Å². The minimum absolute atomic E-state index is 0.147. The summed E-state index contributed by atoms with van der Waals surface area (Å²) >= 11 is 0. The number of anilines is 2. The maximum absolute atomic E-state index is 13.4. The van der Waals surface area contributed by atoms with Crippen LogP contribution in [0.1, 0.15) is 5.56 Å². The van der Waals surface area contributed by atoms with Crippen molar-refractivity contribution in [2.24, 2.45) is 0 Å². The highest BCUT2D eigenvalue weighted by atomic mass is 19.4. The van der Waals surface area contributed by atoms with E-state index in [-0.39, 0.29) is 5.82 Å². The first-order valence-corrected chi connectivity index (χ1v) is 4.97. The van der Waals surface area contributed by atoms with Crippen LogP contribution in [0.5, 0.6) is 0 Å². The number of aromatic nitrogens is 2. The summed E-state index contributed by atoms with van der Waals surface area (Å²) in [6.07, 6.45) is -3.73. The predicted molar refractivity (Wildman–Crippen MR) is 56.7 cm³/mol. The third-order valence-corrected chi connectivity index (χ3v) is 2.19. The summed E-state index contributed by atoms with van der Waals surface area (Å²) in [4.78, 5) is 6.73. The second-order valence-electron chi connectivity index (χ2n) is 3.54. The van der Waals surface area contributed by atoms with Crippen molar-refractivity contribution >= 4 is 11.5 Å². The normalized spacial score (nSPS) is 11.4. The number of halogens is 5. The Labute approximate surface area is 104 Å². The molecule has 0 aliphatic heterocycles. The minimum atomic E-state index is -4.60. The largest absolute Gasteiger partial charge is 0.416 e. The van der Waals surface area contributed by atoms with Crippen molar-refractivity contribution < 1.29 is 22.0 Å². The van der Waals surface area contributed by atoms with Crippen LogP contribution in [-0.4, -0.2) is 9.97 Å². The summed E-state index contributed by atoms with van der Waals surface area (Å²) < 4.78 is 63.6. The van der Waals surface area contributed by atoms with E-state index in [1.165, 1.54) is 0 Å². The third-order valence-electron chi connectivity index (χ3n) is 2.19. The van der Waals surface area contributed by atoms with Gasteiger partial charge in [0.1, 0.15) is 18.0 Å². The molecule has 1 aromatic carbocycles. The van der Waals surface area contributed by atoms with Crippen LogP contribution in [0.25, 0.3) is 0 Å². The summed E-state index contributed by atoms with van der Waals surface area (Å²) in [7, 11) is 0. The Morgan fingerprint density at radius 1 is 1.00 bits per heavy atom. The fourth-order valence-corrected chi connectivity index (χ4v) is 1.34. The molecule has 0 saturated carbocycles. The monoisotopic (exact) mass is 275 g/mol. The minimum Gasteiger partial charge on any atom is -0.338 e. The van der Waals surface area contributed by atoms with Crippen molar-refractivity contribution in [3.63, 3.8) is 0 Å². The molecule has 0 atom stereocenters. The van der Waals surface area contributed by atoms with Crippen molar-refractivity contribution in [2.45, 2.75) is 6.18 Å². The molecular formula is C11H6F5N3. The van der Waals surface area contributed by atoms with Crippen molar-refractivity contribution in [3.05, 3.63) is 47.9 Å². The van der Waals surface area contributed by atoms with Crippen molar-refractivity contribution in [1.29, 1.82) is 0 Å². The number of benzene rings is 1. The summed E-state index contributed by atoms with van der Waals surface area (Å²) in [5, 5.41) is 2.26. The van der Waals surface area contributed by atoms with Crippen LogP contribution in [-0.2, 0) is 6.18 Å². The van der Waals surface area contributed by atoms with Gasteiger partial charge in [-0.15, -0.1) is 0 Å². The lowest BCUT2D eigenvalue weighted by Gasteiger charge is -2.11. The summed E-state index contributed by atoms with van der Waals surface area (Å²) in [5.41, 5.74) is -1.47. The first-order chi connectivity index (χ1) is 8.86. The second-order valence-corrected chi connectivity index (χ2v) is 3.54. The van der Waals surface area contributed by atoms with Gasteiger partial charge in [0.15, 0.2) is 0 Å². The molecule has 1 heterocycles. The lowest BCUT2D eigenvalue weighted by atomic mass is 10.2. The molecule has 0 radical (unpaired) electrons. The maximum atomic E-state index is 13.4. The zero-order valence-corrected chi connectivity index (χ0v) is 9.17. The highest BCUT2D eigenvalue weighted by molar-refractivity contribution is 5.57. The molecule has 2 rings (SSSR count). The van der Waals surface area contributed by atoms with Crippen LogP contribution in [0.3, 0.4) is 0 Å². The van der Waals surface area contributed by atoms with E-state index in [0.29, 0.717) is 18.2 Å². The van der Waals surface area contributed by atoms with Crippen LogP contribution in [0.4, 0.5) is 33.5 Å². The third kappa shape index (κ3) is 3.15. The molecular weight excluding hydrogens is 269 g/mol. The quantitative estimate of drug-likeness (QED) is 0.673. The lowest BCUT2D eigenvalue weighted by Crippen LogP contribution is -2.06. The van der Waals surface area contributed by atoms with Crippen LogP contribution in [0, 0.1) is 11.8 Å². The van der Waals surface area contributed by atoms with E-state index in [1.54, 1.807) is 0 Å². The molecule has 0 amide bonds. The van der Waals surface area contributed by atoms with Gasteiger partial charge in [0.2, 0.25) is 5.95 Å². The average Bonchev–Trinajstić information content (AvgIpc) is 2.30. The smallest absolute Gasteiger partial charge is 0.338 e. The molecule has 1 N–H and O–H groups in total. The highest BCUT2D eigenvalue weighted by Crippen LogP contribution is 2.32. The molecule has 0 aliphatic carbocycles. The molecule has 0 saturated heterocycles. The van der Waals surface area contributed by atoms with Gasteiger partial charge in [0.25, 0.3) is 0 Å². The highest BCUT2D eigenvalue weighted by Gasteiger charge is 2.31. The van der Waals surface area contributed by atoms with E-state index in [9.17, 15) is 22.0 Å². The molecule has 0 spiro atoms. The molecule has 8 heteroatoms. The van der Waals surface area contributed by atoms with Gasteiger partial charge < -0.3 is 5.32 Å². The lowest BCUT2D eigenvalue weighted by molar-refractivity contribution is -0.137. The number of hydrogen-bond acceptors (Lipinski definition) is 3. The van der Waals surface area contributed by atoms with Crippen LogP contribution in [0.15, 0.2) is 30.6 Å². The van der Waals surface area contributed by atoms with E-state index >= 15 is 0 Å². The van der Waals surface area contributed by atoms with Gasteiger partial charge in [0, 0.05) is 6.07 Å². The Kier molecular flexibility index (Phi) is 3.32. The van der Waals surface area contributed by atoms with Crippen LogP contribution >= 0.6 is 0 Å². The topological polar surface area (TPSA) is 37.8 Å². The van der Waals surface area contributed by atoms with Crippen molar-refractivity contribution in [1.82, 2.24) is 9.97 Å². The number of nitrogens with zero attached hydrogens (tertiary/aromatic N) is 2. The number of alkyl halides is 3. The van der Waals surface area contributed by atoms with Crippen molar-refractivity contribution in [3.8, 4) is 0 Å². The summed E-state index contributed by atoms with van der Waals surface area (Å²) in [6, 6.07) is 2.69. The molecule has 100 valence electrons. The number of rotatable bonds is 2. The number of nitrogens with one attached hydrogen (secondary N) is 1. The van der Waals surface area contributed by atoms with E-state index in [2.05, 4.69) is 15.3 Å². The Bertz CT molecular complexity index is 597. The van der Waals surface area contributed by atoms with E-state index < -0.39 is 29.2 Å². The summed E-state index contributed by atoms with van der Waals surface area (Å²) in [5.74, 6) is -1.94. The van der Waals surface area contributed by atoms with Gasteiger partial charge in [0.05, 0.1) is 11.3 Å². The first-order valence-electron chi connectivity index (χ1n) is 4.97. The molecule has 1 aromatic heterocycles. The predicted octanol–water partition coefficient (Wildman–Crippen LogP) is 3.52. The maximum Gasteiger partial charge on any atom is 0.416 e. The Balaban J connectivity index is 2.34. The zero-order chi connectivity index (χ0) is 14.0. The van der Waals surface area contributed by atoms with Gasteiger partial charge in [-0.2, -0.15) is 17.6 Å². The molecule has 3 nitrogen and oxygen atoms in total. The van der Waals surface area contributed by atoms with Crippen LogP contribution in [0.2, 0.25) is 0 Å². The van der Waals surface area contributed by atoms with Gasteiger partial charge in [-0.25, -0.2) is 14.4 Å². The van der Waals surface area contributed by atoms with Gasteiger partial charge in [-0.1, -0.05) is 0 Å². The fraction of sp³-hybridized carbons (Fsp3) is 0.0909. The molecule has 2 aromatic rings. The molecule has 0 fully saturated rings. The van der Waals surface area contributed by atoms with E-state index in [0.717, 1.165) is 12.4 Å². The first kappa shape index (κ1) is 13.2. The van der Waals surface area contributed by atoms with Gasteiger partial charge in [-0.3, -0.25) is 0 Å². The second kappa shape index (κ2) is 4.79. The molecule has 0 bridgehead atoms. The van der Waals surface area contributed by atoms with E-state index in [1.807, 2.05) is 0 Å². The molecule has 19 heavy (non-hydrogen) atoms. The van der Waals surface area contributed by atoms with Gasteiger partial charge >= 0.3 is 6.18 Å². The fourth-order valence-electron chi connectivity index (χ4n) is 1.34. The Morgan fingerprint density at radius 2 is 1.74 bits per heavy atom. The van der Waals surface area contributed by atoms with Crippen molar-refractivity contribution in [2.75, 3.05) is 5.32 Å². The SMILES string of the molecule is Fc1cc(Nc2cc(C(F)(F)F)ccc2F)ncn1. The number of hydrogen-bond donors (Lipinski definition) is 1. The van der Waals surface area contributed by atoms with Crippen LogP contribution < -0.4 is 5.32 Å². The summed E-state index contributed by atoms with van der Waals surface area (Å²) in [6.45, 7) is 0. The standard InChI is InChI=1S/C11H6F5N3/c12-7-2-1-6(11(14,15)16)3-8(7)19-10-4-9(13)17-5-18-10/h1-5H,(H,17,18,19).